The summed E-state index contributed by atoms with van der Waals surface area (Å²) in [6.07, 6.45) is -1.24. The Kier molecular flexibility index (Phi) is 6.97. The molecule has 0 saturated heterocycles. The molecule has 0 spiro atoms. The van der Waals surface area contributed by atoms with Crippen molar-refractivity contribution in [1.29, 1.82) is 0 Å². The number of hydrogen-bond donors (Lipinski definition) is 1. The number of carbonyl (C=O) groups is 4. The van der Waals surface area contributed by atoms with Crippen LogP contribution >= 0.6 is 0 Å². The number of ether oxygens (including phenoxy) is 2. The number of Topliss-reactive ketones (excluding diaryl/α,β-unsaturated/α-hetero) is 1. The van der Waals surface area contributed by atoms with Gasteiger partial charge in [0.2, 0.25) is 0 Å². The van der Waals surface area contributed by atoms with Crippen LogP contribution < -0.4 is 5.32 Å². The summed E-state index contributed by atoms with van der Waals surface area (Å²) in [5.74, 6) is -2.68. The molecule has 1 atom stereocenters. The smallest absolute Gasteiger partial charge is 0.339 e. The van der Waals surface area contributed by atoms with E-state index >= 15 is 0 Å². The molecule has 0 heterocycles. The number of nitro benzene ring substituents is 1. The van der Waals surface area contributed by atoms with Crippen molar-refractivity contribution in [2.75, 3.05) is 12.4 Å². The van der Waals surface area contributed by atoms with Crippen molar-refractivity contribution in [1.82, 2.24) is 0 Å². The van der Waals surface area contributed by atoms with Gasteiger partial charge in [0, 0.05) is 23.4 Å². The fraction of sp³-hybridized carbons (Fsp3) is 0.200. The molecule has 0 aliphatic carbocycles. The van der Waals surface area contributed by atoms with E-state index in [4.69, 9.17) is 4.74 Å². The summed E-state index contributed by atoms with van der Waals surface area (Å²) in [6.45, 7) is 2.73. The van der Waals surface area contributed by atoms with Gasteiger partial charge in [-0.1, -0.05) is 0 Å². The van der Waals surface area contributed by atoms with Crippen LogP contribution in [0.25, 0.3) is 0 Å². The molecule has 2 aromatic rings. The summed E-state index contributed by atoms with van der Waals surface area (Å²) in [4.78, 5) is 57.9. The summed E-state index contributed by atoms with van der Waals surface area (Å²) in [6, 6.07) is 9.08. The molecule has 2 rings (SSSR count). The highest BCUT2D eigenvalue weighted by Gasteiger charge is 2.23. The molecule has 0 saturated carbocycles. The topological polar surface area (TPSA) is 142 Å². The van der Waals surface area contributed by atoms with E-state index in [2.05, 4.69) is 10.1 Å². The van der Waals surface area contributed by atoms with Gasteiger partial charge in [0.25, 0.3) is 11.6 Å². The lowest BCUT2D eigenvalue weighted by molar-refractivity contribution is -0.384. The van der Waals surface area contributed by atoms with Crippen LogP contribution in [-0.4, -0.2) is 41.8 Å². The molecule has 1 N–H and O–H groups in total. The summed E-state index contributed by atoms with van der Waals surface area (Å²) < 4.78 is 9.57. The third-order valence-electron chi connectivity index (χ3n) is 4.00. The van der Waals surface area contributed by atoms with Crippen LogP contribution in [-0.2, 0) is 14.3 Å². The van der Waals surface area contributed by atoms with Crippen molar-refractivity contribution >= 4 is 35.0 Å². The zero-order chi connectivity index (χ0) is 22.4. The molecular formula is C20H18N2O8. The number of amides is 1. The van der Waals surface area contributed by atoms with Gasteiger partial charge in [0.15, 0.2) is 11.9 Å². The maximum atomic E-state index is 12.4. The number of rotatable bonds is 7. The fourth-order valence-electron chi connectivity index (χ4n) is 2.38. The zero-order valence-corrected chi connectivity index (χ0v) is 16.3. The van der Waals surface area contributed by atoms with Gasteiger partial charge < -0.3 is 14.8 Å². The monoisotopic (exact) mass is 414 g/mol. The normalized spacial score (nSPS) is 11.2. The van der Waals surface area contributed by atoms with Crippen molar-refractivity contribution < 1.29 is 33.6 Å². The Morgan fingerprint density at radius 3 is 2.03 bits per heavy atom. The van der Waals surface area contributed by atoms with Gasteiger partial charge in [-0.2, -0.15) is 0 Å². The molecule has 10 nitrogen and oxygen atoms in total. The average Bonchev–Trinajstić information content (AvgIpc) is 2.72. The zero-order valence-electron chi connectivity index (χ0n) is 16.3. The summed E-state index contributed by atoms with van der Waals surface area (Å²) in [5.41, 5.74) is -0.139. The number of nitro groups is 1. The molecule has 1 amide bonds. The maximum Gasteiger partial charge on any atom is 0.339 e. The first-order valence-corrected chi connectivity index (χ1v) is 8.63. The predicted molar refractivity (Wildman–Crippen MR) is 104 cm³/mol. The maximum absolute atomic E-state index is 12.4. The minimum atomic E-state index is -1.24. The number of non-ortho nitro benzene ring substituents is 1. The molecule has 2 aromatic carbocycles. The van der Waals surface area contributed by atoms with E-state index in [1.165, 1.54) is 38.1 Å². The highest BCUT2D eigenvalue weighted by molar-refractivity contribution is 6.00. The van der Waals surface area contributed by atoms with Crippen molar-refractivity contribution in [3.05, 3.63) is 69.3 Å². The van der Waals surface area contributed by atoms with Gasteiger partial charge in [-0.3, -0.25) is 19.7 Å². The molecule has 0 aliphatic heterocycles. The largest absolute Gasteiger partial charge is 0.465 e. The molecule has 156 valence electrons. The van der Waals surface area contributed by atoms with E-state index < -0.39 is 34.6 Å². The van der Waals surface area contributed by atoms with E-state index in [1.54, 1.807) is 0 Å². The minimum absolute atomic E-state index is 0.126. The van der Waals surface area contributed by atoms with Crippen LogP contribution in [0.3, 0.4) is 0 Å². The van der Waals surface area contributed by atoms with Gasteiger partial charge in [-0.15, -0.1) is 0 Å². The van der Waals surface area contributed by atoms with E-state index in [0.29, 0.717) is 11.3 Å². The van der Waals surface area contributed by atoms with Crippen molar-refractivity contribution in [3.63, 3.8) is 0 Å². The quantitative estimate of drug-likeness (QED) is 0.315. The second kappa shape index (κ2) is 9.41. The predicted octanol–water partition coefficient (Wildman–Crippen LogP) is 2.77. The summed E-state index contributed by atoms with van der Waals surface area (Å²) in [7, 11) is 1.09. The molecule has 0 radical (unpaired) electrons. The Morgan fingerprint density at radius 2 is 1.53 bits per heavy atom. The van der Waals surface area contributed by atoms with Gasteiger partial charge in [-0.25, -0.2) is 9.59 Å². The second-order valence-corrected chi connectivity index (χ2v) is 6.19. The number of methoxy groups -OCH3 is 1. The lowest BCUT2D eigenvalue weighted by Gasteiger charge is -2.14. The number of nitrogens with one attached hydrogen (secondary N) is 1. The highest BCUT2D eigenvalue weighted by Crippen LogP contribution is 2.19. The van der Waals surface area contributed by atoms with Crippen molar-refractivity contribution in [2.45, 2.75) is 20.0 Å². The third kappa shape index (κ3) is 5.47. The highest BCUT2D eigenvalue weighted by atomic mass is 16.6. The van der Waals surface area contributed by atoms with Crippen LogP contribution in [0.2, 0.25) is 0 Å². The van der Waals surface area contributed by atoms with Crippen LogP contribution in [0, 0.1) is 10.1 Å². The summed E-state index contributed by atoms with van der Waals surface area (Å²) in [5, 5.41) is 13.6. The molecular weight excluding hydrogens is 396 g/mol. The third-order valence-corrected chi connectivity index (χ3v) is 4.00. The number of benzene rings is 2. The number of ketones is 1. The van der Waals surface area contributed by atoms with Crippen molar-refractivity contribution in [3.8, 4) is 0 Å². The first kappa shape index (κ1) is 22.2. The second-order valence-electron chi connectivity index (χ2n) is 6.19. The van der Waals surface area contributed by atoms with Crippen LogP contribution in [0.4, 0.5) is 11.4 Å². The van der Waals surface area contributed by atoms with Crippen molar-refractivity contribution in [2.24, 2.45) is 0 Å². The fourth-order valence-corrected chi connectivity index (χ4v) is 2.38. The Bertz CT molecular complexity index is 1010. The first-order valence-electron chi connectivity index (χ1n) is 8.63. The van der Waals surface area contributed by atoms with Crippen LogP contribution in [0.1, 0.15) is 44.9 Å². The van der Waals surface area contributed by atoms with E-state index in [-0.39, 0.29) is 16.9 Å². The molecule has 0 aliphatic rings. The van der Waals surface area contributed by atoms with Gasteiger partial charge >= 0.3 is 11.9 Å². The number of anilines is 1. The lowest BCUT2D eigenvalue weighted by atomic mass is 10.1. The van der Waals surface area contributed by atoms with E-state index in [0.717, 1.165) is 25.3 Å². The standard InChI is InChI=1S/C20H18N2O8/c1-11(23)13-4-6-16(7-5-13)21-18(24)12(2)30-20(26)15-8-14(19(25)29-3)9-17(10-15)22(27)28/h4-10,12H,1-3H3,(H,21,24)/t12-/m0/s1. The molecule has 0 unspecified atom stereocenters. The Labute approximate surface area is 170 Å². The van der Waals surface area contributed by atoms with Crippen LogP contribution in [0.5, 0.6) is 0 Å². The van der Waals surface area contributed by atoms with Gasteiger partial charge in [0.1, 0.15) is 0 Å². The Hall–Kier alpha value is -4.08. The number of esters is 2. The van der Waals surface area contributed by atoms with Gasteiger partial charge in [-0.05, 0) is 44.2 Å². The SMILES string of the molecule is COC(=O)c1cc(C(=O)O[C@@H](C)C(=O)Nc2ccc(C(C)=O)cc2)cc([N+](=O)[O-])c1. The molecule has 0 fully saturated rings. The average molecular weight is 414 g/mol. The molecule has 0 bridgehead atoms. The minimum Gasteiger partial charge on any atom is -0.465 e. The Balaban J connectivity index is 2.13. The molecule has 30 heavy (non-hydrogen) atoms. The van der Waals surface area contributed by atoms with Gasteiger partial charge in [0.05, 0.1) is 23.2 Å². The first-order chi connectivity index (χ1) is 14.1. The number of hydrogen-bond acceptors (Lipinski definition) is 8. The van der Waals surface area contributed by atoms with E-state index in [1.807, 2.05) is 0 Å². The molecule has 10 heteroatoms. The number of nitrogens with zero attached hydrogens (tertiary/aromatic N) is 1. The Morgan fingerprint density at radius 1 is 0.967 bits per heavy atom. The lowest BCUT2D eigenvalue weighted by Crippen LogP contribution is -2.30. The molecule has 0 aromatic heterocycles. The number of carbonyl (C=O) groups excluding carboxylic acids is 4. The van der Waals surface area contributed by atoms with Crippen LogP contribution in [0.15, 0.2) is 42.5 Å². The van der Waals surface area contributed by atoms with E-state index in [9.17, 15) is 29.3 Å². The summed E-state index contributed by atoms with van der Waals surface area (Å²) >= 11 is 0.